The second-order valence-corrected chi connectivity index (χ2v) is 6.13. The van der Waals surface area contributed by atoms with Crippen molar-refractivity contribution < 1.29 is 9.53 Å². The lowest BCUT2D eigenvalue weighted by atomic mass is 10.0. The van der Waals surface area contributed by atoms with E-state index in [9.17, 15) is 4.79 Å². The lowest BCUT2D eigenvalue weighted by Crippen LogP contribution is -2.31. The molecule has 1 atom stereocenters. The summed E-state index contributed by atoms with van der Waals surface area (Å²) in [5.74, 6) is -0.333. The molecule has 0 aliphatic carbocycles. The summed E-state index contributed by atoms with van der Waals surface area (Å²) in [6, 6.07) is 19.3. The first-order chi connectivity index (χ1) is 13.3. The predicted octanol–water partition coefficient (Wildman–Crippen LogP) is 3.39. The van der Waals surface area contributed by atoms with Gasteiger partial charge in [-0.3, -0.25) is 5.01 Å². The Bertz CT molecular complexity index is 951. The number of hydrogen-bond acceptors (Lipinski definition) is 5. The van der Waals surface area contributed by atoms with Gasteiger partial charge in [-0.1, -0.05) is 36.4 Å². The van der Waals surface area contributed by atoms with Gasteiger partial charge >= 0.3 is 5.97 Å². The maximum absolute atomic E-state index is 12.5. The van der Waals surface area contributed by atoms with Crippen molar-refractivity contribution in [3.05, 3.63) is 90.4 Å². The Morgan fingerprint density at radius 3 is 2.41 bits per heavy atom. The monoisotopic (exact) mass is 360 g/mol. The average molecular weight is 360 g/mol. The molecule has 0 fully saturated rings. The van der Waals surface area contributed by atoms with Crippen molar-refractivity contribution in [2.75, 3.05) is 11.6 Å². The number of carbonyl (C=O) groups is 1. The van der Waals surface area contributed by atoms with Gasteiger partial charge in [-0.15, -0.1) is 0 Å². The smallest absolute Gasteiger partial charge is 0.337 e. The quantitative estimate of drug-likeness (QED) is 0.707. The maximum atomic E-state index is 12.5. The number of carbonyl (C=O) groups excluding carboxylic acids is 1. The van der Waals surface area contributed by atoms with E-state index in [1.807, 2.05) is 71.9 Å². The van der Waals surface area contributed by atoms with Crippen molar-refractivity contribution in [3.8, 4) is 5.69 Å². The Morgan fingerprint density at radius 1 is 1.07 bits per heavy atom. The topological polar surface area (TPSA) is 59.4 Å². The van der Waals surface area contributed by atoms with Gasteiger partial charge in [0, 0.05) is 18.0 Å². The molecule has 27 heavy (non-hydrogen) atoms. The molecule has 1 N–H and O–H groups in total. The van der Waals surface area contributed by atoms with Crippen LogP contribution in [0.5, 0.6) is 0 Å². The number of hydrazine groups is 1. The van der Waals surface area contributed by atoms with E-state index in [0.29, 0.717) is 12.2 Å². The Kier molecular flexibility index (Phi) is 4.72. The zero-order chi connectivity index (χ0) is 18.6. The van der Waals surface area contributed by atoms with Crippen molar-refractivity contribution in [1.29, 1.82) is 0 Å². The first-order valence-corrected chi connectivity index (χ1v) is 8.85. The van der Waals surface area contributed by atoms with Crippen molar-refractivity contribution in [2.45, 2.75) is 13.0 Å². The molecule has 1 unspecified atom stereocenters. The largest absolute Gasteiger partial charge is 0.463 e. The van der Waals surface area contributed by atoms with Crippen LogP contribution in [-0.2, 0) is 9.53 Å². The second kappa shape index (κ2) is 7.47. The van der Waals surface area contributed by atoms with Gasteiger partial charge in [0.15, 0.2) is 0 Å². The summed E-state index contributed by atoms with van der Waals surface area (Å²) in [4.78, 5) is 12.5. The van der Waals surface area contributed by atoms with Gasteiger partial charge in [0.2, 0.25) is 0 Å². The minimum absolute atomic E-state index is 0.331. The molecule has 6 heteroatoms. The minimum atomic E-state index is -0.333. The first kappa shape index (κ1) is 17.1. The SMILES string of the molecule is CCOC(=O)C1=CN(c2ccccc2)NC1c1cnn(-c2ccccc2)c1. The average Bonchev–Trinajstić information content (AvgIpc) is 3.37. The number of rotatable bonds is 5. The lowest BCUT2D eigenvalue weighted by Gasteiger charge is -2.19. The molecule has 6 nitrogen and oxygen atoms in total. The third-order valence-corrected chi connectivity index (χ3v) is 4.35. The zero-order valence-corrected chi connectivity index (χ0v) is 14.9. The molecule has 0 bridgehead atoms. The van der Waals surface area contributed by atoms with Crippen LogP contribution in [0.3, 0.4) is 0 Å². The molecule has 4 rings (SSSR count). The van der Waals surface area contributed by atoms with Crippen LogP contribution in [0.1, 0.15) is 18.5 Å². The molecule has 0 saturated carbocycles. The van der Waals surface area contributed by atoms with E-state index in [1.165, 1.54) is 0 Å². The van der Waals surface area contributed by atoms with Crippen LogP contribution in [0.2, 0.25) is 0 Å². The molecule has 2 aromatic carbocycles. The standard InChI is InChI=1S/C21H20N4O2/c1-2-27-21(26)19-15-25(18-11-7-4-8-12-18)23-20(19)16-13-22-24(14-16)17-9-5-3-6-10-17/h3-15,20,23H,2H2,1H3. The molecular weight excluding hydrogens is 340 g/mol. The molecule has 0 saturated heterocycles. The van der Waals surface area contributed by atoms with Crippen LogP contribution in [0.4, 0.5) is 5.69 Å². The number of esters is 1. The number of anilines is 1. The summed E-state index contributed by atoms with van der Waals surface area (Å²) in [6.07, 6.45) is 5.48. The van der Waals surface area contributed by atoms with Gasteiger partial charge in [0.25, 0.3) is 0 Å². The molecule has 3 aromatic rings. The van der Waals surface area contributed by atoms with E-state index < -0.39 is 0 Å². The Balaban J connectivity index is 1.65. The van der Waals surface area contributed by atoms with Crippen LogP contribution in [-0.4, -0.2) is 22.4 Å². The highest BCUT2D eigenvalue weighted by atomic mass is 16.5. The molecule has 136 valence electrons. The molecule has 1 aliphatic rings. The van der Waals surface area contributed by atoms with Gasteiger partial charge < -0.3 is 4.74 Å². The van der Waals surface area contributed by atoms with E-state index >= 15 is 0 Å². The number of hydrogen-bond donors (Lipinski definition) is 1. The first-order valence-electron chi connectivity index (χ1n) is 8.85. The number of benzene rings is 2. The highest BCUT2D eigenvalue weighted by Gasteiger charge is 2.32. The molecule has 2 heterocycles. The zero-order valence-electron chi connectivity index (χ0n) is 14.9. The molecule has 0 amide bonds. The highest BCUT2D eigenvalue weighted by molar-refractivity contribution is 5.91. The summed E-state index contributed by atoms with van der Waals surface area (Å²) < 4.78 is 7.05. The number of aromatic nitrogens is 2. The van der Waals surface area contributed by atoms with Crippen molar-refractivity contribution >= 4 is 11.7 Å². The number of nitrogens with one attached hydrogen (secondary N) is 1. The number of para-hydroxylation sites is 2. The molecular formula is C21H20N4O2. The summed E-state index contributed by atoms with van der Waals surface area (Å²) in [5.41, 5.74) is 6.70. The van der Waals surface area contributed by atoms with Gasteiger partial charge in [0.05, 0.1) is 35.8 Å². The van der Waals surface area contributed by atoms with Gasteiger partial charge in [-0.2, -0.15) is 5.10 Å². The van der Waals surface area contributed by atoms with Crippen molar-refractivity contribution in [1.82, 2.24) is 15.2 Å². The Labute approximate surface area is 157 Å². The van der Waals surface area contributed by atoms with E-state index in [0.717, 1.165) is 16.9 Å². The Morgan fingerprint density at radius 2 is 1.74 bits per heavy atom. The van der Waals surface area contributed by atoms with Crippen LogP contribution >= 0.6 is 0 Å². The molecule has 0 spiro atoms. The predicted molar refractivity (Wildman–Crippen MR) is 103 cm³/mol. The van der Waals surface area contributed by atoms with Gasteiger partial charge in [-0.05, 0) is 31.2 Å². The van der Waals surface area contributed by atoms with Gasteiger partial charge in [-0.25, -0.2) is 14.9 Å². The summed E-state index contributed by atoms with van der Waals surface area (Å²) in [6.45, 7) is 2.13. The normalized spacial score (nSPS) is 16.3. The van der Waals surface area contributed by atoms with Gasteiger partial charge in [0.1, 0.15) is 0 Å². The van der Waals surface area contributed by atoms with E-state index in [4.69, 9.17) is 4.74 Å². The fourth-order valence-corrected chi connectivity index (χ4v) is 3.04. The summed E-state index contributed by atoms with van der Waals surface area (Å²) >= 11 is 0. The van der Waals surface area contributed by atoms with Crippen LogP contribution in [0, 0.1) is 0 Å². The molecule has 1 aliphatic heterocycles. The molecule has 1 aromatic heterocycles. The summed E-state index contributed by atoms with van der Waals surface area (Å²) in [7, 11) is 0. The van der Waals surface area contributed by atoms with Crippen LogP contribution in [0.15, 0.2) is 84.8 Å². The number of nitrogens with zero attached hydrogens (tertiary/aromatic N) is 3. The Hall–Kier alpha value is -3.38. The van der Waals surface area contributed by atoms with Crippen LogP contribution < -0.4 is 10.4 Å². The third-order valence-electron chi connectivity index (χ3n) is 4.35. The highest BCUT2D eigenvalue weighted by Crippen LogP contribution is 2.31. The fourth-order valence-electron chi connectivity index (χ4n) is 3.04. The second-order valence-electron chi connectivity index (χ2n) is 6.13. The number of ether oxygens (including phenoxy) is 1. The van der Waals surface area contributed by atoms with E-state index in [1.54, 1.807) is 24.0 Å². The van der Waals surface area contributed by atoms with Crippen molar-refractivity contribution in [2.24, 2.45) is 0 Å². The fraction of sp³-hybridized carbons (Fsp3) is 0.143. The summed E-state index contributed by atoms with van der Waals surface area (Å²) in [5, 5.41) is 6.29. The third kappa shape index (κ3) is 3.47. The maximum Gasteiger partial charge on any atom is 0.337 e. The van der Waals surface area contributed by atoms with Crippen molar-refractivity contribution in [3.63, 3.8) is 0 Å². The van der Waals surface area contributed by atoms with E-state index in [2.05, 4.69) is 10.5 Å². The lowest BCUT2D eigenvalue weighted by molar-refractivity contribution is -0.138. The van der Waals surface area contributed by atoms with E-state index in [-0.39, 0.29) is 12.0 Å². The van der Waals surface area contributed by atoms with Crippen LogP contribution in [0.25, 0.3) is 5.69 Å². The minimum Gasteiger partial charge on any atom is -0.463 e. The molecule has 0 radical (unpaired) electrons.